The Kier molecular flexibility index (Phi) is 9.72. The van der Waals surface area contributed by atoms with E-state index in [0.29, 0.717) is 85.6 Å². The van der Waals surface area contributed by atoms with E-state index in [1.807, 2.05) is 42.5 Å². The maximum Gasteiger partial charge on any atom is 0.255 e. The first-order valence-corrected chi connectivity index (χ1v) is 22.4. The second kappa shape index (κ2) is 16.1. The zero-order chi connectivity index (χ0) is 46.2. The Hall–Kier alpha value is -8.50. The van der Waals surface area contributed by atoms with E-state index in [-0.39, 0.29) is 25.0 Å². The van der Waals surface area contributed by atoms with Gasteiger partial charge in [0.2, 0.25) is 0 Å². The molecule has 2 amide bonds. The molecule has 8 aromatic carbocycles. The normalized spacial score (nSPS) is 12.8. The number of carbonyl (C=O) groups excluding carboxylic acids is 2. The molecule has 68 heavy (non-hydrogen) atoms. The van der Waals surface area contributed by atoms with Crippen molar-refractivity contribution in [1.82, 2.24) is 10.6 Å². The van der Waals surface area contributed by atoms with Crippen LogP contribution in [0.25, 0.3) is 77.6 Å². The first-order valence-electron chi connectivity index (χ1n) is 22.4. The molecule has 332 valence electrons. The van der Waals surface area contributed by atoms with Crippen molar-refractivity contribution in [3.63, 3.8) is 0 Å². The molecule has 0 unspecified atom stereocenters. The van der Waals surface area contributed by atoms with Gasteiger partial charge in [-0.2, -0.15) is 0 Å². The molecule has 4 heterocycles. The lowest BCUT2D eigenvalue weighted by molar-refractivity contribution is 0.0956. The van der Waals surface area contributed by atoms with E-state index in [0.717, 1.165) is 60.8 Å². The predicted molar refractivity (Wildman–Crippen MR) is 259 cm³/mol. The van der Waals surface area contributed by atoms with Crippen LogP contribution in [0.5, 0.6) is 11.5 Å². The van der Waals surface area contributed by atoms with Crippen molar-refractivity contribution in [1.29, 1.82) is 0 Å². The highest BCUT2D eigenvalue weighted by Gasteiger charge is 2.32. The minimum atomic E-state index is -0.414. The van der Waals surface area contributed by atoms with Crippen LogP contribution in [0.4, 0.5) is 8.78 Å². The highest BCUT2D eigenvalue weighted by molar-refractivity contribution is 6.16. The molecule has 0 saturated heterocycles. The molecule has 10 heteroatoms. The number of hydrogen-bond acceptors (Lipinski definition) is 6. The van der Waals surface area contributed by atoms with Gasteiger partial charge in [-0.05, 0) is 123 Å². The SMILES string of the molecule is CNC(=O)c1c(-c2ccc(F)cc2)oc2ccc3c(c12)Cc1cc(-c2cc4c(c5c(C(=O)NC)c(-c6ccc(F)cc6)oc25)Cc2ccccc2-c2ccccc2CO4)cc2cccc(c12)CO3. The van der Waals surface area contributed by atoms with Gasteiger partial charge < -0.3 is 28.9 Å². The quantitative estimate of drug-likeness (QED) is 0.178. The Morgan fingerprint density at radius 1 is 0.485 bits per heavy atom. The van der Waals surface area contributed by atoms with Crippen LogP contribution in [0.3, 0.4) is 0 Å². The largest absolute Gasteiger partial charge is 0.489 e. The van der Waals surface area contributed by atoms with Crippen LogP contribution in [0.15, 0.2) is 154 Å². The summed E-state index contributed by atoms with van der Waals surface area (Å²) in [6, 6.07) is 44.4. The molecule has 2 aromatic heterocycles. The molecule has 12 rings (SSSR count). The van der Waals surface area contributed by atoms with Gasteiger partial charge in [-0.3, -0.25) is 9.59 Å². The molecule has 0 fully saturated rings. The summed E-state index contributed by atoms with van der Waals surface area (Å²) in [5.74, 6) is 0.272. The van der Waals surface area contributed by atoms with Gasteiger partial charge in [0, 0.05) is 65.5 Å². The van der Waals surface area contributed by atoms with Crippen molar-refractivity contribution in [2.24, 2.45) is 0 Å². The zero-order valence-electron chi connectivity index (χ0n) is 36.9. The number of furan rings is 2. The van der Waals surface area contributed by atoms with Gasteiger partial charge in [0.15, 0.2) is 0 Å². The molecule has 8 nitrogen and oxygen atoms in total. The van der Waals surface area contributed by atoms with Gasteiger partial charge in [0.05, 0.1) is 11.1 Å². The average molecular weight is 899 g/mol. The monoisotopic (exact) mass is 898 g/mol. The van der Waals surface area contributed by atoms with E-state index in [9.17, 15) is 18.4 Å². The van der Waals surface area contributed by atoms with Crippen LogP contribution in [0.2, 0.25) is 0 Å². The van der Waals surface area contributed by atoms with E-state index in [1.165, 1.54) is 24.3 Å². The van der Waals surface area contributed by atoms with E-state index in [4.69, 9.17) is 18.3 Å². The molecule has 0 atom stereocenters. The smallest absolute Gasteiger partial charge is 0.255 e. The fourth-order valence-electron chi connectivity index (χ4n) is 10.2. The third kappa shape index (κ3) is 6.62. The molecule has 0 bridgehead atoms. The number of carbonyl (C=O) groups is 2. The van der Waals surface area contributed by atoms with Gasteiger partial charge in [0.1, 0.15) is 59.0 Å². The topological polar surface area (TPSA) is 103 Å². The van der Waals surface area contributed by atoms with Crippen LogP contribution < -0.4 is 20.1 Å². The molecule has 0 spiro atoms. The Labute approximate surface area is 388 Å². The summed E-state index contributed by atoms with van der Waals surface area (Å²) in [5, 5.41) is 8.80. The lowest BCUT2D eigenvalue weighted by Gasteiger charge is -2.21. The van der Waals surface area contributed by atoms with Crippen LogP contribution in [-0.4, -0.2) is 25.9 Å². The number of halogens is 2. The summed E-state index contributed by atoms with van der Waals surface area (Å²) in [4.78, 5) is 28.3. The standard InChI is InChI=1S/C58H40F2N2O6/c1-61-57(63)52-50-44-27-38-25-37(24-34-10-7-11-36(49(34)38)30-65-46(44)22-23-47(50)67-54(52)31-14-18-39(59)19-15-31)43-28-48-45(26-33-8-3-5-12-41(33)42-13-6-4-9-35(42)29-66-48)51-53(58(64)62-2)55(68-56(43)51)32-16-20-40(60)21-17-32/h3-25,28H,26-27,29-30H2,1-2H3,(H,61,63)(H,62,64). The van der Waals surface area contributed by atoms with Crippen LogP contribution >= 0.6 is 0 Å². The summed E-state index contributed by atoms with van der Waals surface area (Å²) in [7, 11) is 3.16. The van der Waals surface area contributed by atoms with Gasteiger partial charge >= 0.3 is 0 Å². The van der Waals surface area contributed by atoms with Crippen LogP contribution in [0.1, 0.15) is 54.1 Å². The van der Waals surface area contributed by atoms with Crippen molar-refractivity contribution in [3.05, 3.63) is 202 Å². The van der Waals surface area contributed by atoms with Gasteiger partial charge in [0.25, 0.3) is 11.8 Å². The Morgan fingerprint density at radius 3 is 1.76 bits per heavy atom. The average Bonchev–Trinajstić information content (AvgIpc) is 3.97. The van der Waals surface area contributed by atoms with Crippen LogP contribution in [0, 0.1) is 11.6 Å². The second-order valence-corrected chi connectivity index (χ2v) is 17.2. The maximum atomic E-state index is 14.5. The first kappa shape index (κ1) is 41.0. The van der Waals surface area contributed by atoms with Gasteiger partial charge in [-0.25, -0.2) is 8.78 Å². The van der Waals surface area contributed by atoms with Gasteiger partial charge in [-0.1, -0.05) is 72.8 Å². The fourth-order valence-corrected chi connectivity index (χ4v) is 10.2. The zero-order valence-corrected chi connectivity index (χ0v) is 36.9. The van der Waals surface area contributed by atoms with Crippen molar-refractivity contribution >= 4 is 44.5 Å². The fraction of sp³-hybridized carbons (Fsp3) is 0.103. The van der Waals surface area contributed by atoms with E-state index in [2.05, 4.69) is 59.2 Å². The number of nitrogens with one attached hydrogen (secondary N) is 2. The van der Waals surface area contributed by atoms with Crippen molar-refractivity contribution in [2.75, 3.05) is 14.1 Å². The van der Waals surface area contributed by atoms with Gasteiger partial charge in [-0.15, -0.1) is 0 Å². The summed E-state index contributed by atoms with van der Waals surface area (Å²) in [5.41, 5.74) is 11.8. The highest BCUT2D eigenvalue weighted by atomic mass is 19.1. The maximum absolute atomic E-state index is 14.5. The van der Waals surface area contributed by atoms with E-state index in [1.54, 1.807) is 44.4 Å². The molecular formula is C58H40F2N2O6. The van der Waals surface area contributed by atoms with E-state index < -0.39 is 11.6 Å². The first-order chi connectivity index (χ1) is 33.3. The molecule has 10 aromatic rings. The Bertz CT molecular complexity index is 3720. The molecule has 0 aliphatic carbocycles. The van der Waals surface area contributed by atoms with Crippen LogP contribution in [-0.2, 0) is 26.1 Å². The second-order valence-electron chi connectivity index (χ2n) is 17.2. The molecule has 2 aliphatic rings. The van der Waals surface area contributed by atoms with Crippen molar-refractivity contribution < 1.29 is 36.7 Å². The lowest BCUT2D eigenvalue weighted by Crippen LogP contribution is -2.18. The third-order valence-corrected chi connectivity index (χ3v) is 13.4. The molecular weight excluding hydrogens is 859 g/mol. The minimum absolute atomic E-state index is 0.259. The number of benzene rings is 8. The van der Waals surface area contributed by atoms with Crippen molar-refractivity contribution in [2.45, 2.75) is 26.1 Å². The lowest BCUT2D eigenvalue weighted by atomic mass is 9.86. The number of ether oxygens (including phenoxy) is 2. The number of amides is 2. The Balaban J connectivity index is 1.13. The minimum Gasteiger partial charge on any atom is -0.489 e. The summed E-state index contributed by atoms with van der Waals surface area (Å²) < 4.78 is 55.6. The van der Waals surface area contributed by atoms with Crippen molar-refractivity contribution in [3.8, 4) is 56.4 Å². The molecule has 0 saturated carbocycles. The summed E-state index contributed by atoms with van der Waals surface area (Å²) in [6.45, 7) is 0.520. The number of rotatable bonds is 5. The number of hydrogen-bond donors (Lipinski definition) is 2. The summed E-state index contributed by atoms with van der Waals surface area (Å²) >= 11 is 0. The Morgan fingerprint density at radius 2 is 1.06 bits per heavy atom. The number of fused-ring (bicyclic) bond motifs is 9. The molecule has 2 aliphatic heterocycles. The predicted octanol–water partition coefficient (Wildman–Crippen LogP) is 13.0. The molecule has 2 N–H and O–H groups in total. The highest BCUT2D eigenvalue weighted by Crippen LogP contribution is 2.49. The third-order valence-electron chi connectivity index (χ3n) is 13.4. The summed E-state index contributed by atoms with van der Waals surface area (Å²) in [6.07, 6.45) is 0.751. The molecule has 0 radical (unpaired) electrons. The van der Waals surface area contributed by atoms with E-state index >= 15 is 0 Å².